The number of rotatable bonds is 5. The van der Waals surface area contributed by atoms with Crippen LogP contribution in [0.3, 0.4) is 0 Å². The number of nitrogens with two attached hydrogens (primary N) is 1. The molecule has 0 saturated heterocycles. The van der Waals surface area contributed by atoms with Crippen molar-refractivity contribution in [2.45, 2.75) is 12.8 Å². The molecular formula is C11H15ClN2O2. The van der Waals surface area contributed by atoms with Gasteiger partial charge >= 0.3 is 0 Å². The topological polar surface area (TPSA) is 55.6 Å². The largest absolute Gasteiger partial charge is 0.494 e. The van der Waals surface area contributed by atoms with Crippen molar-refractivity contribution in [3.05, 3.63) is 29.3 Å². The molecule has 2 N–H and O–H groups in total. The Balaban J connectivity index is 2.21. The van der Waals surface area contributed by atoms with E-state index in [1.807, 2.05) is 0 Å². The molecule has 0 unspecified atom stereocenters. The first-order valence-corrected chi connectivity index (χ1v) is 5.37. The van der Waals surface area contributed by atoms with Crippen LogP contribution in [-0.2, 0) is 4.79 Å². The molecule has 0 spiro atoms. The molecule has 0 aliphatic heterocycles. The molecule has 88 valence electrons. The molecule has 0 aliphatic carbocycles. The molecule has 16 heavy (non-hydrogen) atoms. The minimum atomic E-state index is -0.0975. The predicted molar refractivity (Wildman–Crippen MR) is 63.1 cm³/mol. The Hall–Kier alpha value is -1.26. The first kappa shape index (κ1) is 12.8. The molecule has 1 rings (SSSR count). The van der Waals surface area contributed by atoms with Gasteiger partial charge in [0.25, 0.3) is 0 Å². The van der Waals surface area contributed by atoms with Crippen LogP contribution in [0, 0.1) is 0 Å². The Morgan fingerprint density at radius 2 is 2.06 bits per heavy atom. The van der Waals surface area contributed by atoms with E-state index in [2.05, 4.69) is 0 Å². The summed E-state index contributed by atoms with van der Waals surface area (Å²) < 4.78 is 5.42. The minimum absolute atomic E-state index is 0.0975. The van der Waals surface area contributed by atoms with Gasteiger partial charge in [0.2, 0.25) is 5.91 Å². The van der Waals surface area contributed by atoms with Crippen molar-refractivity contribution < 1.29 is 9.53 Å². The molecular weight excluding hydrogens is 228 g/mol. The fourth-order valence-electron chi connectivity index (χ4n) is 1.12. The highest BCUT2D eigenvalue weighted by atomic mass is 35.5. The monoisotopic (exact) mass is 242 g/mol. The van der Waals surface area contributed by atoms with Gasteiger partial charge < -0.3 is 4.74 Å². The van der Waals surface area contributed by atoms with Gasteiger partial charge in [-0.2, -0.15) is 0 Å². The van der Waals surface area contributed by atoms with E-state index in [9.17, 15) is 4.79 Å². The van der Waals surface area contributed by atoms with Crippen molar-refractivity contribution in [2.24, 2.45) is 5.84 Å². The van der Waals surface area contributed by atoms with Crippen LogP contribution < -0.4 is 10.6 Å². The lowest BCUT2D eigenvalue weighted by atomic mass is 10.3. The average Bonchev–Trinajstić information content (AvgIpc) is 2.26. The smallest absolute Gasteiger partial charge is 0.236 e. The molecule has 0 fully saturated rings. The molecule has 0 radical (unpaired) electrons. The number of carbonyl (C=O) groups excluding carboxylic acids is 1. The fourth-order valence-corrected chi connectivity index (χ4v) is 1.25. The molecule has 0 saturated carbocycles. The number of carbonyl (C=O) groups is 1. The van der Waals surface area contributed by atoms with Crippen molar-refractivity contribution in [3.63, 3.8) is 0 Å². The molecule has 1 amide bonds. The number of halogens is 1. The number of hydrazine groups is 1. The molecule has 1 aromatic rings. The maximum Gasteiger partial charge on any atom is 0.236 e. The number of hydrogen-bond acceptors (Lipinski definition) is 3. The van der Waals surface area contributed by atoms with E-state index in [0.717, 1.165) is 10.8 Å². The second-order valence-electron chi connectivity index (χ2n) is 3.41. The molecule has 0 atom stereocenters. The van der Waals surface area contributed by atoms with E-state index in [1.165, 1.54) is 7.05 Å². The summed E-state index contributed by atoms with van der Waals surface area (Å²) in [6.45, 7) is 0.487. The van der Waals surface area contributed by atoms with Crippen LogP contribution in [0.1, 0.15) is 12.8 Å². The highest BCUT2D eigenvalue weighted by Crippen LogP contribution is 2.15. The van der Waals surface area contributed by atoms with Crippen molar-refractivity contribution in [1.29, 1.82) is 0 Å². The van der Waals surface area contributed by atoms with Crippen LogP contribution in [0.5, 0.6) is 5.75 Å². The highest BCUT2D eigenvalue weighted by Gasteiger charge is 2.03. The van der Waals surface area contributed by atoms with E-state index < -0.39 is 0 Å². The predicted octanol–water partition coefficient (Wildman–Crippen LogP) is 1.83. The average molecular weight is 243 g/mol. The van der Waals surface area contributed by atoms with Gasteiger partial charge in [0.15, 0.2) is 0 Å². The SMILES string of the molecule is CN(N)C(=O)CCCOc1ccc(Cl)cc1. The molecule has 4 nitrogen and oxygen atoms in total. The second kappa shape index (κ2) is 6.35. The van der Waals surface area contributed by atoms with Gasteiger partial charge in [-0.25, -0.2) is 5.84 Å². The molecule has 1 aromatic carbocycles. The summed E-state index contributed by atoms with van der Waals surface area (Å²) in [5.41, 5.74) is 0. The third-order valence-electron chi connectivity index (χ3n) is 2.01. The Labute approximate surface area is 99.9 Å². The van der Waals surface area contributed by atoms with Crippen molar-refractivity contribution in [2.75, 3.05) is 13.7 Å². The van der Waals surface area contributed by atoms with E-state index in [-0.39, 0.29) is 5.91 Å². The van der Waals surface area contributed by atoms with Crippen molar-refractivity contribution in [1.82, 2.24) is 5.01 Å². The third-order valence-corrected chi connectivity index (χ3v) is 2.26. The number of amides is 1. The fraction of sp³-hybridized carbons (Fsp3) is 0.364. The summed E-state index contributed by atoms with van der Waals surface area (Å²) in [6.07, 6.45) is 1.03. The summed E-state index contributed by atoms with van der Waals surface area (Å²) in [5.74, 6) is 5.92. The molecule has 0 heterocycles. The molecule has 0 bridgehead atoms. The summed E-state index contributed by atoms with van der Waals surface area (Å²) in [5, 5.41) is 1.76. The third kappa shape index (κ3) is 4.51. The lowest BCUT2D eigenvalue weighted by molar-refractivity contribution is -0.130. The lowest BCUT2D eigenvalue weighted by Crippen LogP contribution is -2.33. The highest BCUT2D eigenvalue weighted by molar-refractivity contribution is 6.30. The second-order valence-corrected chi connectivity index (χ2v) is 3.85. The van der Waals surface area contributed by atoms with Gasteiger partial charge in [-0.1, -0.05) is 11.6 Å². The van der Waals surface area contributed by atoms with Crippen molar-refractivity contribution >= 4 is 17.5 Å². The zero-order valence-corrected chi connectivity index (χ0v) is 9.91. The first-order chi connectivity index (χ1) is 7.59. The van der Waals surface area contributed by atoms with Gasteiger partial charge in [-0.3, -0.25) is 9.80 Å². The quantitative estimate of drug-likeness (QED) is 0.371. The molecule has 0 aliphatic rings. The van der Waals surface area contributed by atoms with Crippen LogP contribution in [0.2, 0.25) is 5.02 Å². The minimum Gasteiger partial charge on any atom is -0.494 e. The Morgan fingerprint density at radius 3 is 2.62 bits per heavy atom. The summed E-state index contributed by atoms with van der Waals surface area (Å²) >= 11 is 5.73. The summed E-state index contributed by atoms with van der Waals surface area (Å²) in [7, 11) is 1.53. The van der Waals surface area contributed by atoms with Gasteiger partial charge in [0.05, 0.1) is 6.61 Å². The Morgan fingerprint density at radius 1 is 1.44 bits per heavy atom. The van der Waals surface area contributed by atoms with Crippen LogP contribution in [-0.4, -0.2) is 24.6 Å². The number of benzene rings is 1. The van der Waals surface area contributed by atoms with E-state index >= 15 is 0 Å². The van der Waals surface area contributed by atoms with Gasteiger partial charge in [0.1, 0.15) is 5.75 Å². The van der Waals surface area contributed by atoms with Crippen LogP contribution in [0.4, 0.5) is 0 Å². The summed E-state index contributed by atoms with van der Waals surface area (Å²) in [6, 6.07) is 7.10. The van der Waals surface area contributed by atoms with Gasteiger partial charge in [-0.05, 0) is 30.7 Å². The van der Waals surface area contributed by atoms with Crippen molar-refractivity contribution in [3.8, 4) is 5.75 Å². The van der Waals surface area contributed by atoms with E-state index in [1.54, 1.807) is 24.3 Å². The molecule has 0 aromatic heterocycles. The zero-order valence-electron chi connectivity index (χ0n) is 9.15. The molecule has 5 heteroatoms. The zero-order chi connectivity index (χ0) is 12.0. The maximum absolute atomic E-state index is 11.1. The van der Waals surface area contributed by atoms with Gasteiger partial charge in [-0.15, -0.1) is 0 Å². The number of nitrogens with zero attached hydrogens (tertiary/aromatic N) is 1. The maximum atomic E-state index is 11.1. The van der Waals surface area contributed by atoms with Crippen LogP contribution in [0.25, 0.3) is 0 Å². The number of hydrogen-bond donors (Lipinski definition) is 1. The Bertz CT molecular complexity index is 338. The van der Waals surface area contributed by atoms with Gasteiger partial charge in [0, 0.05) is 18.5 Å². The van der Waals surface area contributed by atoms with Crippen LogP contribution in [0.15, 0.2) is 24.3 Å². The van der Waals surface area contributed by atoms with E-state index in [0.29, 0.717) is 24.5 Å². The van der Waals surface area contributed by atoms with E-state index in [4.69, 9.17) is 22.2 Å². The normalized spacial score (nSPS) is 9.94. The standard InChI is InChI=1S/C11H15ClN2O2/c1-14(13)11(15)3-2-8-16-10-6-4-9(12)5-7-10/h4-7H,2-3,8,13H2,1H3. The summed E-state index contributed by atoms with van der Waals surface area (Å²) in [4.78, 5) is 11.1. The first-order valence-electron chi connectivity index (χ1n) is 4.99. The Kier molecular flexibility index (Phi) is 5.08. The number of ether oxygens (including phenoxy) is 1. The van der Waals surface area contributed by atoms with Crippen LogP contribution >= 0.6 is 11.6 Å². The lowest BCUT2D eigenvalue weighted by Gasteiger charge is -2.10.